The fourth-order valence-electron chi connectivity index (χ4n) is 3.82. The van der Waals surface area contributed by atoms with Crippen molar-refractivity contribution in [2.75, 3.05) is 6.61 Å². The van der Waals surface area contributed by atoms with E-state index < -0.39 is 5.97 Å². The SMILES string of the molecule is Cc1cccc(-n2c(-c3ccccc3)nc3ccc(OCCCCC(C)C(=O)O)cc32)c1. The highest BCUT2D eigenvalue weighted by molar-refractivity contribution is 5.84. The molecule has 0 fully saturated rings. The summed E-state index contributed by atoms with van der Waals surface area (Å²) in [6.45, 7) is 4.39. The van der Waals surface area contributed by atoms with Crippen molar-refractivity contribution in [3.05, 3.63) is 78.4 Å². The van der Waals surface area contributed by atoms with Crippen LogP contribution in [0.1, 0.15) is 31.7 Å². The molecule has 0 amide bonds. The molecule has 32 heavy (non-hydrogen) atoms. The minimum Gasteiger partial charge on any atom is -0.494 e. The van der Waals surface area contributed by atoms with Gasteiger partial charge in [0.2, 0.25) is 0 Å². The zero-order chi connectivity index (χ0) is 22.5. The Balaban J connectivity index is 1.62. The lowest BCUT2D eigenvalue weighted by Crippen LogP contribution is -2.09. The summed E-state index contributed by atoms with van der Waals surface area (Å²) in [7, 11) is 0. The molecular formula is C27H28N2O3. The van der Waals surface area contributed by atoms with E-state index in [1.54, 1.807) is 6.92 Å². The molecule has 4 aromatic rings. The summed E-state index contributed by atoms with van der Waals surface area (Å²) in [5, 5.41) is 9.00. The van der Waals surface area contributed by atoms with Crippen LogP contribution in [-0.2, 0) is 4.79 Å². The number of imidazole rings is 1. The third kappa shape index (κ3) is 4.83. The van der Waals surface area contributed by atoms with Gasteiger partial charge in [-0.25, -0.2) is 4.98 Å². The van der Waals surface area contributed by atoms with Gasteiger partial charge in [0, 0.05) is 17.3 Å². The van der Waals surface area contributed by atoms with Crippen molar-refractivity contribution >= 4 is 17.0 Å². The first-order valence-corrected chi connectivity index (χ1v) is 11.0. The van der Waals surface area contributed by atoms with Crippen molar-refractivity contribution < 1.29 is 14.6 Å². The van der Waals surface area contributed by atoms with E-state index in [-0.39, 0.29) is 5.92 Å². The lowest BCUT2D eigenvalue weighted by Gasteiger charge is -2.11. The molecule has 0 aliphatic carbocycles. The number of ether oxygens (including phenoxy) is 1. The number of carbonyl (C=O) groups is 1. The summed E-state index contributed by atoms with van der Waals surface area (Å²) in [5.41, 5.74) is 5.21. The summed E-state index contributed by atoms with van der Waals surface area (Å²) in [6.07, 6.45) is 2.31. The molecule has 1 unspecified atom stereocenters. The second-order valence-electron chi connectivity index (χ2n) is 8.21. The average molecular weight is 429 g/mol. The first-order valence-electron chi connectivity index (χ1n) is 11.0. The predicted octanol–water partition coefficient (Wildman–Crippen LogP) is 6.27. The molecule has 1 atom stereocenters. The van der Waals surface area contributed by atoms with Gasteiger partial charge in [-0.05, 0) is 56.0 Å². The molecule has 1 N–H and O–H groups in total. The fourth-order valence-corrected chi connectivity index (χ4v) is 3.82. The molecule has 3 aromatic carbocycles. The van der Waals surface area contributed by atoms with Gasteiger partial charge < -0.3 is 9.84 Å². The van der Waals surface area contributed by atoms with E-state index in [9.17, 15) is 4.79 Å². The number of aryl methyl sites for hydroxylation is 1. The van der Waals surface area contributed by atoms with Gasteiger partial charge in [0.05, 0.1) is 23.6 Å². The van der Waals surface area contributed by atoms with Gasteiger partial charge in [0.15, 0.2) is 0 Å². The van der Waals surface area contributed by atoms with Gasteiger partial charge in [0.1, 0.15) is 11.6 Å². The summed E-state index contributed by atoms with van der Waals surface area (Å²) in [4.78, 5) is 15.9. The Morgan fingerprint density at radius 3 is 2.59 bits per heavy atom. The molecule has 0 aliphatic heterocycles. The number of nitrogens with zero attached hydrogens (tertiary/aromatic N) is 2. The van der Waals surface area contributed by atoms with Crippen LogP contribution >= 0.6 is 0 Å². The monoisotopic (exact) mass is 428 g/mol. The van der Waals surface area contributed by atoms with Crippen LogP contribution in [0.5, 0.6) is 5.75 Å². The molecule has 164 valence electrons. The maximum Gasteiger partial charge on any atom is 0.306 e. The van der Waals surface area contributed by atoms with Gasteiger partial charge in [-0.15, -0.1) is 0 Å². The quantitative estimate of drug-likeness (QED) is 0.319. The Morgan fingerprint density at radius 1 is 1.03 bits per heavy atom. The van der Waals surface area contributed by atoms with Crippen molar-refractivity contribution in [1.29, 1.82) is 0 Å². The number of fused-ring (bicyclic) bond motifs is 1. The van der Waals surface area contributed by atoms with E-state index in [1.807, 2.05) is 36.4 Å². The number of aromatic nitrogens is 2. The van der Waals surface area contributed by atoms with Gasteiger partial charge in [-0.1, -0.05) is 49.4 Å². The summed E-state index contributed by atoms with van der Waals surface area (Å²) >= 11 is 0. The Bertz CT molecular complexity index is 1210. The van der Waals surface area contributed by atoms with Crippen LogP contribution in [0.4, 0.5) is 0 Å². The first kappa shape index (κ1) is 21.6. The molecule has 0 saturated carbocycles. The predicted molar refractivity (Wildman–Crippen MR) is 127 cm³/mol. The highest BCUT2D eigenvalue weighted by atomic mass is 16.5. The van der Waals surface area contributed by atoms with E-state index in [0.29, 0.717) is 13.0 Å². The number of benzene rings is 3. The van der Waals surface area contributed by atoms with E-state index >= 15 is 0 Å². The van der Waals surface area contributed by atoms with Crippen LogP contribution in [0.15, 0.2) is 72.8 Å². The Kier molecular flexibility index (Phi) is 6.55. The molecule has 5 heteroatoms. The fraction of sp³-hybridized carbons (Fsp3) is 0.259. The average Bonchev–Trinajstić information content (AvgIpc) is 3.18. The second kappa shape index (κ2) is 9.69. The molecule has 0 saturated heterocycles. The molecule has 1 aromatic heterocycles. The smallest absolute Gasteiger partial charge is 0.306 e. The summed E-state index contributed by atoms with van der Waals surface area (Å²) < 4.78 is 8.18. The van der Waals surface area contributed by atoms with E-state index in [0.717, 1.165) is 46.7 Å². The van der Waals surface area contributed by atoms with E-state index in [4.69, 9.17) is 14.8 Å². The number of aliphatic carboxylic acids is 1. The van der Waals surface area contributed by atoms with Crippen molar-refractivity contribution in [2.45, 2.75) is 33.1 Å². The summed E-state index contributed by atoms with van der Waals surface area (Å²) in [6, 6.07) is 24.6. The Labute approximate surface area is 188 Å². The minimum atomic E-state index is -0.741. The van der Waals surface area contributed by atoms with Gasteiger partial charge in [-0.3, -0.25) is 9.36 Å². The number of rotatable bonds is 9. The van der Waals surface area contributed by atoms with Gasteiger partial charge >= 0.3 is 5.97 Å². The van der Waals surface area contributed by atoms with Crippen LogP contribution in [-0.4, -0.2) is 27.2 Å². The van der Waals surface area contributed by atoms with E-state index in [2.05, 4.69) is 47.9 Å². The minimum absolute atomic E-state index is 0.313. The molecule has 0 bridgehead atoms. The van der Waals surface area contributed by atoms with Crippen molar-refractivity contribution in [3.8, 4) is 22.8 Å². The van der Waals surface area contributed by atoms with Crippen molar-refractivity contribution in [3.63, 3.8) is 0 Å². The third-order valence-corrected chi connectivity index (χ3v) is 5.64. The number of hydrogen-bond acceptors (Lipinski definition) is 3. The Hall–Kier alpha value is -3.60. The topological polar surface area (TPSA) is 64.4 Å². The maximum atomic E-state index is 10.9. The van der Waals surface area contributed by atoms with Gasteiger partial charge in [0.25, 0.3) is 0 Å². The van der Waals surface area contributed by atoms with Gasteiger partial charge in [-0.2, -0.15) is 0 Å². The Morgan fingerprint density at radius 2 is 1.84 bits per heavy atom. The maximum absolute atomic E-state index is 10.9. The lowest BCUT2D eigenvalue weighted by molar-refractivity contribution is -0.141. The van der Waals surface area contributed by atoms with Crippen LogP contribution < -0.4 is 4.74 Å². The van der Waals surface area contributed by atoms with Crippen LogP contribution in [0, 0.1) is 12.8 Å². The molecular weight excluding hydrogens is 400 g/mol. The first-order chi connectivity index (χ1) is 15.5. The van der Waals surface area contributed by atoms with Crippen LogP contribution in [0.3, 0.4) is 0 Å². The molecule has 4 rings (SSSR count). The number of carboxylic acids is 1. The zero-order valence-electron chi connectivity index (χ0n) is 18.5. The highest BCUT2D eigenvalue weighted by Gasteiger charge is 2.15. The molecule has 5 nitrogen and oxygen atoms in total. The van der Waals surface area contributed by atoms with E-state index in [1.165, 1.54) is 5.56 Å². The molecule has 1 heterocycles. The zero-order valence-corrected chi connectivity index (χ0v) is 18.5. The molecule has 0 aliphatic rings. The number of hydrogen-bond donors (Lipinski definition) is 1. The summed E-state index contributed by atoms with van der Waals surface area (Å²) in [5.74, 6) is 0.629. The molecule has 0 radical (unpaired) electrons. The van der Waals surface area contributed by atoms with Crippen LogP contribution in [0.25, 0.3) is 28.1 Å². The molecule has 0 spiro atoms. The van der Waals surface area contributed by atoms with Crippen molar-refractivity contribution in [2.24, 2.45) is 5.92 Å². The lowest BCUT2D eigenvalue weighted by atomic mass is 10.1. The number of unbranched alkanes of at least 4 members (excludes halogenated alkanes) is 1. The largest absolute Gasteiger partial charge is 0.494 e. The third-order valence-electron chi connectivity index (χ3n) is 5.64. The van der Waals surface area contributed by atoms with Crippen LogP contribution in [0.2, 0.25) is 0 Å². The highest BCUT2D eigenvalue weighted by Crippen LogP contribution is 2.31. The normalized spacial score (nSPS) is 12.1. The number of carboxylic acid groups (broad SMARTS) is 1. The second-order valence-corrected chi connectivity index (χ2v) is 8.21. The standard InChI is InChI=1S/C27H28N2O3/c1-19-9-8-13-22(17-19)29-25-18-23(32-16-7-6-10-20(2)27(30)31)14-15-24(25)28-26(29)21-11-4-3-5-12-21/h3-5,8-9,11-15,17-18,20H,6-7,10,16H2,1-2H3,(H,30,31). The van der Waals surface area contributed by atoms with Crippen molar-refractivity contribution in [1.82, 2.24) is 9.55 Å².